The van der Waals surface area contributed by atoms with E-state index in [1.807, 2.05) is 6.92 Å². The van der Waals surface area contributed by atoms with Crippen LogP contribution in [0, 0.1) is 11.3 Å². The average molecular weight is 410 g/mol. The molecule has 1 aliphatic rings. The zero-order valence-corrected chi connectivity index (χ0v) is 17.2. The molecular weight excluding hydrogens is 384 g/mol. The Bertz CT molecular complexity index is 950. The van der Waals surface area contributed by atoms with Crippen LogP contribution in [0.1, 0.15) is 41.5 Å². The number of benzene rings is 1. The van der Waals surface area contributed by atoms with Gasteiger partial charge in [0.25, 0.3) is 5.91 Å². The van der Waals surface area contributed by atoms with Crippen molar-refractivity contribution in [2.45, 2.75) is 38.6 Å². The Kier molecular flexibility index (Phi) is 7.03. The predicted octanol–water partition coefficient (Wildman–Crippen LogP) is 2.55. The van der Waals surface area contributed by atoms with Crippen LogP contribution < -0.4 is 21.1 Å². The van der Waals surface area contributed by atoms with Crippen LogP contribution in [0.15, 0.2) is 18.2 Å². The monoisotopic (exact) mass is 410 g/mol. The van der Waals surface area contributed by atoms with Gasteiger partial charge in [-0.2, -0.15) is 5.26 Å². The minimum atomic E-state index is -0.669. The summed E-state index contributed by atoms with van der Waals surface area (Å²) >= 11 is 0. The van der Waals surface area contributed by atoms with Gasteiger partial charge < -0.3 is 25.8 Å². The molecule has 4 N–H and O–H groups in total. The van der Waals surface area contributed by atoms with Crippen LogP contribution in [0.2, 0.25) is 0 Å². The van der Waals surface area contributed by atoms with Crippen molar-refractivity contribution in [3.8, 4) is 11.8 Å². The SMILES string of the molecule is CCc1nc(C(N)=O)c(Nc2cc(CC#N)cc(OC)c2)nc1NC1CCOCC1. The lowest BCUT2D eigenvalue weighted by Gasteiger charge is -2.25. The van der Waals surface area contributed by atoms with E-state index in [1.54, 1.807) is 25.3 Å². The summed E-state index contributed by atoms with van der Waals surface area (Å²) in [6.07, 6.45) is 2.58. The maximum absolute atomic E-state index is 12.0. The van der Waals surface area contributed by atoms with Gasteiger partial charge in [-0.05, 0) is 37.0 Å². The molecule has 30 heavy (non-hydrogen) atoms. The summed E-state index contributed by atoms with van der Waals surface area (Å²) in [5.74, 6) is 0.796. The Morgan fingerprint density at radius 2 is 2.07 bits per heavy atom. The minimum Gasteiger partial charge on any atom is -0.497 e. The third-order valence-corrected chi connectivity index (χ3v) is 4.85. The molecule has 9 nitrogen and oxygen atoms in total. The van der Waals surface area contributed by atoms with Gasteiger partial charge >= 0.3 is 0 Å². The molecule has 0 bridgehead atoms. The zero-order chi connectivity index (χ0) is 21.5. The molecular formula is C21H26N6O3. The molecule has 0 saturated carbocycles. The van der Waals surface area contributed by atoms with Gasteiger partial charge in [-0.3, -0.25) is 4.79 Å². The zero-order valence-electron chi connectivity index (χ0n) is 17.2. The van der Waals surface area contributed by atoms with Gasteiger partial charge in [0.1, 0.15) is 5.75 Å². The Labute approximate surface area is 175 Å². The number of hydrogen-bond acceptors (Lipinski definition) is 8. The highest BCUT2D eigenvalue weighted by Crippen LogP contribution is 2.27. The molecule has 9 heteroatoms. The summed E-state index contributed by atoms with van der Waals surface area (Å²) < 4.78 is 10.7. The fourth-order valence-corrected chi connectivity index (χ4v) is 3.31. The molecule has 1 aromatic heterocycles. The van der Waals surface area contributed by atoms with E-state index < -0.39 is 5.91 Å². The van der Waals surface area contributed by atoms with Crippen LogP contribution in [0.25, 0.3) is 0 Å². The van der Waals surface area contributed by atoms with Crippen LogP contribution >= 0.6 is 0 Å². The van der Waals surface area contributed by atoms with Gasteiger partial charge in [0, 0.05) is 31.0 Å². The predicted molar refractivity (Wildman–Crippen MR) is 113 cm³/mol. The average Bonchev–Trinajstić information content (AvgIpc) is 2.74. The van der Waals surface area contributed by atoms with E-state index in [0.717, 1.165) is 18.4 Å². The molecule has 0 radical (unpaired) electrons. The second-order valence-corrected chi connectivity index (χ2v) is 6.99. The van der Waals surface area contributed by atoms with Crippen LogP contribution in [0.4, 0.5) is 17.3 Å². The summed E-state index contributed by atoms with van der Waals surface area (Å²) in [5.41, 5.74) is 7.71. The number of carbonyl (C=O) groups is 1. The van der Waals surface area contributed by atoms with Crippen molar-refractivity contribution in [3.63, 3.8) is 0 Å². The molecule has 1 saturated heterocycles. The number of ether oxygens (including phenoxy) is 2. The standard InChI is InChI=1S/C21H26N6O3/c1-3-17-20(24-14-5-8-30-9-6-14)27-21(18(26-17)19(23)28)25-15-10-13(4-7-22)11-16(12-15)29-2/h10-12,14H,3-6,8-9H2,1-2H3,(H2,23,28)(H2,24,25,27). The molecule has 0 aliphatic carbocycles. The minimum absolute atomic E-state index is 0.0639. The van der Waals surface area contributed by atoms with E-state index in [-0.39, 0.29) is 24.0 Å². The Morgan fingerprint density at radius 3 is 2.70 bits per heavy atom. The number of aromatic nitrogens is 2. The second kappa shape index (κ2) is 9.89. The molecule has 1 aromatic carbocycles. The molecule has 1 amide bonds. The number of nitrogens with zero attached hydrogens (tertiary/aromatic N) is 3. The summed E-state index contributed by atoms with van der Waals surface area (Å²) in [6.45, 7) is 3.35. The molecule has 0 spiro atoms. The van der Waals surface area contributed by atoms with Crippen molar-refractivity contribution in [1.29, 1.82) is 5.26 Å². The van der Waals surface area contributed by atoms with E-state index >= 15 is 0 Å². The summed E-state index contributed by atoms with van der Waals surface area (Å²) in [4.78, 5) is 21.2. The first-order valence-corrected chi connectivity index (χ1v) is 9.91. The maximum atomic E-state index is 12.0. The molecule has 2 aromatic rings. The van der Waals surface area contributed by atoms with Crippen molar-refractivity contribution < 1.29 is 14.3 Å². The summed E-state index contributed by atoms with van der Waals surface area (Å²) in [5, 5.41) is 15.6. The van der Waals surface area contributed by atoms with Crippen molar-refractivity contribution in [1.82, 2.24) is 9.97 Å². The molecule has 3 rings (SSSR count). The molecule has 0 atom stereocenters. The quantitative estimate of drug-likeness (QED) is 0.604. The van der Waals surface area contributed by atoms with Crippen molar-refractivity contribution in [2.24, 2.45) is 5.73 Å². The second-order valence-electron chi connectivity index (χ2n) is 6.99. The first kappa shape index (κ1) is 21.3. The van der Waals surface area contributed by atoms with Gasteiger partial charge in [0.15, 0.2) is 17.3 Å². The van der Waals surface area contributed by atoms with E-state index in [2.05, 4.69) is 26.7 Å². The lowest BCUT2D eigenvalue weighted by atomic mass is 10.1. The number of anilines is 3. The fraction of sp³-hybridized carbons (Fsp3) is 0.429. The van der Waals surface area contributed by atoms with E-state index in [9.17, 15) is 4.79 Å². The molecule has 1 fully saturated rings. The highest BCUT2D eigenvalue weighted by molar-refractivity contribution is 5.96. The number of nitrogens with two attached hydrogens (primary N) is 1. The Hall–Kier alpha value is -3.38. The number of carbonyl (C=O) groups excluding carboxylic acids is 1. The highest BCUT2D eigenvalue weighted by atomic mass is 16.5. The topological polar surface area (TPSA) is 135 Å². The normalized spacial score (nSPS) is 14.0. The number of amides is 1. The number of nitriles is 1. The number of aryl methyl sites for hydroxylation is 1. The van der Waals surface area contributed by atoms with E-state index in [4.69, 9.17) is 20.5 Å². The first-order valence-electron chi connectivity index (χ1n) is 9.91. The lowest BCUT2D eigenvalue weighted by molar-refractivity contribution is 0.0903. The number of hydrogen-bond donors (Lipinski definition) is 3. The van der Waals surface area contributed by atoms with Crippen LogP contribution in [-0.4, -0.2) is 42.2 Å². The maximum Gasteiger partial charge on any atom is 0.271 e. The Balaban J connectivity index is 1.98. The van der Waals surface area contributed by atoms with Crippen molar-refractivity contribution >= 4 is 23.2 Å². The van der Waals surface area contributed by atoms with Crippen LogP contribution in [-0.2, 0) is 17.6 Å². The molecule has 0 unspecified atom stereocenters. The third kappa shape index (κ3) is 5.15. The molecule has 2 heterocycles. The fourth-order valence-electron chi connectivity index (χ4n) is 3.31. The van der Waals surface area contributed by atoms with Crippen molar-refractivity contribution in [2.75, 3.05) is 31.0 Å². The highest BCUT2D eigenvalue weighted by Gasteiger charge is 2.21. The number of rotatable bonds is 8. The molecule has 158 valence electrons. The largest absolute Gasteiger partial charge is 0.497 e. The number of primary amides is 1. The lowest BCUT2D eigenvalue weighted by Crippen LogP contribution is -2.29. The van der Waals surface area contributed by atoms with Gasteiger partial charge in [-0.15, -0.1) is 0 Å². The first-order chi connectivity index (χ1) is 14.5. The van der Waals surface area contributed by atoms with Gasteiger partial charge in [-0.25, -0.2) is 9.97 Å². The molecule has 1 aliphatic heterocycles. The summed E-state index contributed by atoms with van der Waals surface area (Å²) in [7, 11) is 1.55. The van der Waals surface area contributed by atoms with Gasteiger partial charge in [0.05, 0.1) is 25.3 Å². The van der Waals surface area contributed by atoms with E-state index in [0.29, 0.717) is 42.6 Å². The number of nitrogens with one attached hydrogen (secondary N) is 2. The van der Waals surface area contributed by atoms with Gasteiger partial charge in [-0.1, -0.05) is 6.92 Å². The van der Waals surface area contributed by atoms with Crippen LogP contribution in [0.3, 0.4) is 0 Å². The van der Waals surface area contributed by atoms with Gasteiger partial charge in [0.2, 0.25) is 0 Å². The number of methoxy groups -OCH3 is 1. The Morgan fingerprint density at radius 1 is 1.30 bits per heavy atom. The smallest absolute Gasteiger partial charge is 0.271 e. The van der Waals surface area contributed by atoms with Crippen LogP contribution in [0.5, 0.6) is 5.75 Å². The summed E-state index contributed by atoms with van der Waals surface area (Å²) in [6, 6.07) is 7.69. The van der Waals surface area contributed by atoms with E-state index in [1.165, 1.54) is 0 Å². The third-order valence-electron chi connectivity index (χ3n) is 4.85. The van der Waals surface area contributed by atoms with Crippen molar-refractivity contribution in [3.05, 3.63) is 35.2 Å².